The third kappa shape index (κ3) is 6.39. The van der Waals surface area contributed by atoms with Crippen LogP contribution in [-0.2, 0) is 27.5 Å². The average molecular weight is 531 g/mol. The second-order valence-corrected chi connectivity index (χ2v) is 11.0. The minimum absolute atomic E-state index is 0.0495. The van der Waals surface area contributed by atoms with E-state index in [0.717, 1.165) is 29.6 Å². The standard InChI is InChI=1S/C30H38N6O3/c1-20(2)16-23-6-8-24(9-7-23)22(4)30(38)39-19-36-15-12-25-28(32-18-33-29(25)36)34(5)26-17-35(14-11-21(26)3)27(37)10-13-31/h6-9,12,15,18,20-22,26H,10-11,14,16-17,19H2,1-5H3/t21-,22-,26+/m1/s1. The number of esters is 1. The van der Waals surface area contributed by atoms with E-state index in [0.29, 0.717) is 30.6 Å². The van der Waals surface area contributed by atoms with Gasteiger partial charge < -0.3 is 14.5 Å². The van der Waals surface area contributed by atoms with Gasteiger partial charge in [0.25, 0.3) is 0 Å². The number of piperidine rings is 1. The monoisotopic (exact) mass is 530 g/mol. The molecule has 0 saturated carbocycles. The molecule has 1 aromatic carbocycles. The van der Waals surface area contributed by atoms with Crippen molar-refractivity contribution in [2.24, 2.45) is 11.8 Å². The van der Waals surface area contributed by atoms with Gasteiger partial charge >= 0.3 is 5.97 Å². The van der Waals surface area contributed by atoms with Gasteiger partial charge in [0.1, 0.15) is 24.2 Å². The highest BCUT2D eigenvalue weighted by molar-refractivity contribution is 5.88. The molecule has 3 atom stereocenters. The number of anilines is 1. The fraction of sp³-hybridized carbons (Fsp3) is 0.500. The number of hydrogen-bond acceptors (Lipinski definition) is 7. The maximum absolute atomic E-state index is 12.9. The van der Waals surface area contributed by atoms with E-state index < -0.39 is 0 Å². The van der Waals surface area contributed by atoms with E-state index in [9.17, 15) is 9.59 Å². The zero-order valence-corrected chi connectivity index (χ0v) is 23.5. The molecule has 0 spiro atoms. The van der Waals surface area contributed by atoms with Crippen LogP contribution in [0.5, 0.6) is 0 Å². The third-order valence-electron chi connectivity index (χ3n) is 7.69. The van der Waals surface area contributed by atoms with Crippen molar-refractivity contribution in [3.8, 4) is 6.07 Å². The minimum atomic E-state index is -0.379. The molecule has 3 heterocycles. The Bertz CT molecular complexity index is 1340. The van der Waals surface area contributed by atoms with Crippen LogP contribution < -0.4 is 4.90 Å². The smallest absolute Gasteiger partial charge is 0.314 e. The molecule has 2 aromatic heterocycles. The van der Waals surface area contributed by atoms with Gasteiger partial charge in [-0.25, -0.2) is 9.97 Å². The van der Waals surface area contributed by atoms with E-state index in [4.69, 9.17) is 10.00 Å². The molecule has 3 aromatic rings. The Kier molecular flexibility index (Phi) is 8.85. The second-order valence-electron chi connectivity index (χ2n) is 11.0. The number of rotatable bonds is 9. The first-order valence-electron chi connectivity index (χ1n) is 13.6. The number of carbonyl (C=O) groups is 2. The summed E-state index contributed by atoms with van der Waals surface area (Å²) < 4.78 is 7.49. The number of benzene rings is 1. The quantitative estimate of drug-likeness (QED) is 0.375. The van der Waals surface area contributed by atoms with Crippen LogP contribution in [0.1, 0.15) is 57.6 Å². The first-order valence-corrected chi connectivity index (χ1v) is 13.6. The summed E-state index contributed by atoms with van der Waals surface area (Å²) in [4.78, 5) is 38.1. The van der Waals surface area contributed by atoms with Gasteiger partial charge in [0.15, 0.2) is 6.73 Å². The summed E-state index contributed by atoms with van der Waals surface area (Å²) in [6.45, 7) is 9.67. The molecule has 9 heteroatoms. The largest absolute Gasteiger partial charge is 0.443 e. The Morgan fingerprint density at radius 2 is 1.92 bits per heavy atom. The summed E-state index contributed by atoms with van der Waals surface area (Å²) in [6, 6.07) is 12.1. The molecule has 1 saturated heterocycles. The Balaban J connectivity index is 1.45. The lowest BCUT2D eigenvalue weighted by molar-refractivity contribution is -0.148. The third-order valence-corrected chi connectivity index (χ3v) is 7.69. The van der Waals surface area contributed by atoms with E-state index >= 15 is 0 Å². The fourth-order valence-corrected chi connectivity index (χ4v) is 5.30. The number of aromatic nitrogens is 3. The van der Waals surface area contributed by atoms with E-state index in [-0.39, 0.29) is 37.0 Å². The molecule has 0 N–H and O–H groups in total. The molecule has 0 unspecified atom stereocenters. The van der Waals surface area contributed by atoms with Crippen LogP contribution in [0.25, 0.3) is 11.0 Å². The Hall–Kier alpha value is -3.93. The zero-order valence-electron chi connectivity index (χ0n) is 23.5. The van der Waals surface area contributed by atoms with Gasteiger partial charge in [0, 0.05) is 26.3 Å². The molecule has 1 aliphatic heterocycles. The summed E-state index contributed by atoms with van der Waals surface area (Å²) in [7, 11) is 1.98. The van der Waals surface area contributed by atoms with Crippen molar-refractivity contribution in [2.45, 2.75) is 65.6 Å². The number of carbonyl (C=O) groups excluding carboxylic acids is 2. The molecule has 4 rings (SSSR count). The molecule has 1 fully saturated rings. The fourth-order valence-electron chi connectivity index (χ4n) is 5.30. The Morgan fingerprint density at radius 1 is 1.18 bits per heavy atom. The van der Waals surface area contributed by atoms with Crippen molar-refractivity contribution in [1.82, 2.24) is 19.4 Å². The molecular weight excluding hydrogens is 492 g/mol. The topological polar surface area (TPSA) is 104 Å². The lowest BCUT2D eigenvalue weighted by Crippen LogP contribution is -2.52. The minimum Gasteiger partial charge on any atom is -0.443 e. The molecule has 1 amide bonds. The SMILES string of the molecule is CC(C)Cc1ccc([C@@H](C)C(=O)OCn2ccc3c(N(C)[C@H]4CN(C(=O)CC#N)CC[C@H]4C)ncnc32)cc1. The molecule has 0 radical (unpaired) electrons. The van der Waals surface area contributed by atoms with Gasteiger partial charge in [-0.2, -0.15) is 5.26 Å². The number of hydrogen-bond donors (Lipinski definition) is 0. The number of nitriles is 1. The van der Waals surface area contributed by atoms with Gasteiger partial charge in [-0.3, -0.25) is 14.2 Å². The predicted molar refractivity (Wildman–Crippen MR) is 150 cm³/mol. The molecule has 0 bridgehead atoms. The number of amides is 1. The van der Waals surface area contributed by atoms with Crippen molar-refractivity contribution >= 4 is 28.7 Å². The number of likely N-dealkylation sites (N-methyl/N-ethyl adjacent to an activating group) is 1. The lowest BCUT2D eigenvalue weighted by Gasteiger charge is -2.42. The summed E-state index contributed by atoms with van der Waals surface area (Å²) >= 11 is 0. The van der Waals surface area contributed by atoms with Crippen molar-refractivity contribution in [3.63, 3.8) is 0 Å². The first-order chi connectivity index (χ1) is 18.7. The zero-order chi connectivity index (χ0) is 28.1. The van der Waals surface area contributed by atoms with Gasteiger partial charge in [-0.05, 0) is 48.8 Å². The molecule has 206 valence electrons. The molecule has 39 heavy (non-hydrogen) atoms. The molecule has 0 aliphatic carbocycles. The van der Waals surface area contributed by atoms with E-state index in [1.165, 1.54) is 11.9 Å². The van der Waals surface area contributed by atoms with Crippen LogP contribution in [0.15, 0.2) is 42.9 Å². The summed E-state index contributed by atoms with van der Waals surface area (Å²) in [5.41, 5.74) is 2.86. The summed E-state index contributed by atoms with van der Waals surface area (Å²) in [6.07, 6.45) is 5.13. The predicted octanol–water partition coefficient (Wildman–Crippen LogP) is 4.52. The molecule has 9 nitrogen and oxygen atoms in total. The number of ether oxygens (including phenoxy) is 1. The van der Waals surface area contributed by atoms with Gasteiger partial charge in [-0.1, -0.05) is 45.0 Å². The van der Waals surface area contributed by atoms with E-state index in [1.807, 2.05) is 44.4 Å². The van der Waals surface area contributed by atoms with Gasteiger partial charge in [0.05, 0.1) is 23.4 Å². The maximum atomic E-state index is 12.9. The number of nitrogens with zero attached hydrogens (tertiary/aromatic N) is 6. The van der Waals surface area contributed by atoms with Gasteiger partial charge in [-0.15, -0.1) is 0 Å². The Morgan fingerprint density at radius 3 is 2.62 bits per heavy atom. The van der Waals surface area contributed by atoms with Crippen molar-refractivity contribution in [3.05, 3.63) is 54.0 Å². The normalized spacial score (nSPS) is 18.1. The van der Waals surface area contributed by atoms with Crippen LogP contribution in [0.2, 0.25) is 0 Å². The summed E-state index contributed by atoms with van der Waals surface area (Å²) in [5.74, 6) is 0.873. The average Bonchev–Trinajstić information content (AvgIpc) is 3.34. The van der Waals surface area contributed by atoms with Crippen LogP contribution in [0.3, 0.4) is 0 Å². The highest BCUT2D eigenvalue weighted by Gasteiger charge is 2.32. The number of fused-ring (bicyclic) bond motifs is 1. The van der Waals surface area contributed by atoms with Crippen LogP contribution in [0, 0.1) is 23.2 Å². The number of likely N-dealkylation sites (tertiary alicyclic amines) is 1. The highest BCUT2D eigenvalue weighted by Crippen LogP contribution is 2.30. The van der Waals surface area contributed by atoms with Crippen LogP contribution in [-0.4, -0.2) is 57.5 Å². The molecular formula is C30H38N6O3. The van der Waals surface area contributed by atoms with Crippen molar-refractivity contribution in [2.75, 3.05) is 25.0 Å². The molecule has 1 aliphatic rings. The maximum Gasteiger partial charge on any atom is 0.314 e. The van der Waals surface area contributed by atoms with Crippen molar-refractivity contribution < 1.29 is 14.3 Å². The van der Waals surface area contributed by atoms with Gasteiger partial charge in [0.2, 0.25) is 5.91 Å². The summed E-state index contributed by atoms with van der Waals surface area (Å²) in [5, 5.41) is 9.78. The van der Waals surface area contributed by atoms with Crippen molar-refractivity contribution in [1.29, 1.82) is 5.26 Å². The Labute approximate surface area is 230 Å². The van der Waals surface area contributed by atoms with E-state index in [2.05, 4.69) is 47.8 Å². The lowest BCUT2D eigenvalue weighted by atomic mass is 9.92. The first kappa shape index (κ1) is 28.1. The van der Waals surface area contributed by atoms with Crippen LogP contribution >= 0.6 is 0 Å². The van der Waals surface area contributed by atoms with E-state index in [1.54, 1.807) is 9.47 Å². The van der Waals surface area contributed by atoms with Crippen LogP contribution in [0.4, 0.5) is 5.82 Å². The highest BCUT2D eigenvalue weighted by atomic mass is 16.5. The second kappa shape index (κ2) is 12.3.